The molecule has 136 valence electrons. The molecule has 3 atom stereocenters. The lowest BCUT2D eigenvalue weighted by Crippen LogP contribution is -2.49. The van der Waals surface area contributed by atoms with E-state index >= 15 is 0 Å². The quantitative estimate of drug-likeness (QED) is 0.728. The fourth-order valence-electron chi connectivity index (χ4n) is 3.60. The summed E-state index contributed by atoms with van der Waals surface area (Å²) in [6.45, 7) is 3.88. The van der Waals surface area contributed by atoms with Crippen LogP contribution in [-0.2, 0) is 9.59 Å². The van der Waals surface area contributed by atoms with E-state index in [1.807, 2.05) is 38.1 Å². The van der Waals surface area contributed by atoms with Gasteiger partial charge >= 0.3 is 0 Å². The van der Waals surface area contributed by atoms with Gasteiger partial charge in [-0.15, -0.1) is 11.8 Å². The fourth-order valence-corrected chi connectivity index (χ4v) is 4.30. The number of thioether (sulfide) groups is 1. The molecule has 0 radical (unpaired) electrons. The van der Waals surface area contributed by atoms with Gasteiger partial charge in [-0.25, -0.2) is 0 Å². The molecule has 2 aliphatic heterocycles. The molecular formula is C19H27N3O2S. The van der Waals surface area contributed by atoms with Crippen molar-refractivity contribution in [3.05, 3.63) is 29.8 Å². The summed E-state index contributed by atoms with van der Waals surface area (Å²) in [6.07, 6.45) is 4.49. The van der Waals surface area contributed by atoms with Crippen LogP contribution in [0.3, 0.4) is 0 Å². The zero-order valence-electron chi connectivity index (χ0n) is 14.9. The summed E-state index contributed by atoms with van der Waals surface area (Å²) in [5.41, 5.74) is 1.95. The van der Waals surface area contributed by atoms with Crippen LogP contribution in [0.5, 0.6) is 0 Å². The highest BCUT2D eigenvalue weighted by atomic mass is 32.2. The second-order valence-electron chi connectivity index (χ2n) is 7.18. The van der Waals surface area contributed by atoms with Crippen molar-refractivity contribution < 1.29 is 9.59 Å². The van der Waals surface area contributed by atoms with Crippen LogP contribution in [0, 0.1) is 6.92 Å². The van der Waals surface area contributed by atoms with Crippen molar-refractivity contribution in [3.63, 3.8) is 0 Å². The molecule has 2 aliphatic rings. The van der Waals surface area contributed by atoms with Gasteiger partial charge in [-0.1, -0.05) is 17.7 Å². The van der Waals surface area contributed by atoms with Gasteiger partial charge in [0.05, 0.1) is 11.0 Å². The summed E-state index contributed by atoms with van der Waals surface area (Å²) in [4.78, 5) is 24.4. The highest BCUT2D eigenvalue weighted by molar-refractivity contribution is 8.01. The number of nitrogens with one attached hydrogen (secondary N) is 3. The van der Waals surface area contributed by atoms with E-state index in [4.69, 9.17) is 0 Å². The minimum atomic E-state index is -0.226. The normalized spacial score (nSPS) is 26.1. The second-order valence-corrected chi connectivity index (χ2v) is 8.51. The second kappa shape index (κ2) is 8.23. The van der Waals surface area contributed by atoms with Crippen molar-refractivity contribution in [2.24, 2.45) is 0 Å². The largest absolute Gasteiger partial charge is 0.352 e. The summed E-state index contributed by atoms with van der Waals surface area (Å²) in [7, 11) is 0. The number of amides is 2. The van der Waals surface area contributed by atoms with Crippen molar-refractivity contribution in [1.29, 1.82) is 0 Å². The van der Waals surface area contributed by atoms with Crippen LogP contribution in [0.15, 0.2) is 24.3 Å². The molecule has 2 fully saturated rings. The first-order valence-electron chi connectivity index (χ1n) is 9.04. The highest BCUT2D eigenvalue weighted by Gasteiger charge is 2.34. The lowest BCUT2D eigenvalue weighted by Gasteiger charge is -2.30. The smallest absolute Gasteiger partial charge is 0.234 e. The molecule has 2 bridgehead atoms. The van der Waals surface area contributed by atoms with E-state index in [2.05, 4.69) is 16.0 Å². The Labute approximate surface area is 153 Å². The van der Waals surface area contributed by atoms with Gasteiger partial charge < -0.3 is 16.0 Å². The Kier molecular flexibility index (Phi) is 6.02. The van der Waals surface area contributed by atoms with E-state index in [1.165, 1.54) is 24.6 Å². The maximum atomic E-state index is 12.4. The first-order chi connectivity index (χ1) is 12.0. The van der Waals surface area contributed by atoms with E-state index in [-0.39, 0.29) is 28.9 Å². The Morgan fingerprint density at radius 2 is 1.84 bits per heavy atom. The van der Waals surface area contributed by atoms with Crippen molar-refractivity contribution in [2.75, 3.05) is 11.1 Å². The number of hydrogen-bond donors (Lipinski definition) is 3. The van der Waals surface area contributed by atoms with E-state index < -0.39 is 0 Å². The number of carbonyl (C=O) groups excluding carboxylic acids is 2. The van der Waals surface area contributed by atoms with Gasteiger partial charge in [0.15, 0.2) is 0 Å². The lowest BCUT2D eigenvalue weighted by molar-refractivity contribution is -0.121. The van der Waals surface area contributed by atoms with Crippen LogP contribution < -0.4 is 16.0 Å². The fraction of sp³-hybridized carbons (Fsp3) is 0.579. The molecule has 3 unspecified atom stereocenters. The van der Waals surface area contributed by atoms with E-state index in [0.29, 0.717) is 12.1 Å². The Hall–Kier alpha value is -1.53. The summed E-state index contributed by atoms with van der Waals surface area (Å²) in [5.74, 6) is 0.243. The molecule has 2 heterocycles. The Balaban J connectivity index is 1.39. The number of anilines is 1. The third-order valence-electron chi connectivity index (χ3n) is 4.99. The maximum absolute atomic E-state index is 12.4. The van der Waals surface area contributed by atoms with Crippen LogP contribution in [0.1, 0.15) is 38.2 Å². The molecule has 6 heteroatoms. The molecule has 0 aliphatic carbocycles. The van der Waals surface area contributed by atoms with Gasteiger partial charge in [0, 0.05) is 23.8 Å². The van der Waals surface area contributed by atoms with Gasteiger partial charge in [0.1, 0.15) is 0 Å². The van der Waals surface area contributed by atoms with Crippen molar-refractivity contribution in [1.82, 2.24) is 10.6 Å². The monoisotopic (exact) mass is 361 g/mol. The Bertz CT molecular complexity index is 608. The number of rotatable bonds is 6. The summed E-state index contributed by atoms with van der Waals surface area (Å²) in [6, 6.07) is 9.10. The summed E-state index contributed by atoms with van der Waals surface area (Å²) < 4.78 is 0. The van der Waals surface area contributed by atoms with E-state index in [0.717, 1.165) is 24.1 Å². The molecule has 2 saturated heterocycles. The maximum Gasteiger partial charge on any atom is 0.234 e. The minimum Gasteiger partial charge on any atom is -0.352 e. The molecule has 0 saturated carbocycles. The lowest BCUT2D eigenvalue weighted by atomic mass is 10.00. The first kappa shape index (κ1) is 18.3. The highest BCUT2D eigenvalue weighted by Crippen LogP contribution is 2.27. The number of piperidine rings is 1. The molecule has 1 aromatic rings. The number of benzene rings is 1. The predicted octanol–water partition coefficient (Wildman–Crippen LogP) is 2.45. The molecule has 1 aromatic carbocycles. The molecule has 0 aromatic heterocycles. The SMILES string of the molecule is Cc1ccc(NC(=O)CSC(C)C(=O)NC2CC3CCC(C2)N3)cc1. The molecular weight excluding hydrogens is 334 g/mol. The van der Waals surface area contributed by atoms with Crippen LogP contribution in [0.4, 0.5) is 5.69 Å². The third kappa shape index (κ3) is 5.22. The molecule has 25 heavy (non-hydrogen) atoms. The minimum absolute atomic E-state index is 0.0411. The predicted molar refractivity (Wildman–Crippen MR) is 103 cm³/mol. The molecule has 2 amide bonds. The van der Waals surface area contributed by atoms with Crippen LogP contribution in [0.2, 0.25) is 0 Å². The van der Waals surface area contributed by atoms with Crippen molar-refractivity contribution >= 4 is 29.3 Å². The molecule has 5 nitrogen and oxygen atoms in total. The zero-order valence-corrected chi connectivity index (χ0v) is 15.7. The standard InChI is InChI=1S/C19H27N3O2S/c1-12-3-5-14(6-4-12)21-18(23)11-25-13(2)19(24)22-17-9-15-7-8-16(10-17)20-15/h3-6,13,15-17,20H,7-11H2,1-2H3,(H,21,23)(H,22,24). The van der Waals surface area contributed by atoms with Crippen molar-refractivity contribution in [2.45, 2.75) is 62.9 Å². The molecule has 0 spiro atoms. The van der Waals surface area contributed by atoms with Gasteiger partial charge in [-0.05, 0) is 51.7 Å². The Morgan fingerprint density at radius 1 is 1.20 bits per heavy atom. The summed E-state index contributed by atoms with van der Waals surface area (Å²) >= 11 is 1.38. The molecule has 3 rings (SSSR count). The number of aryl methyl sites for hydroxylation is 1. The van der Waals surface area contributed by atoms with Crippen molar-refractivity contribution in [3.8, 4) is 0 Å². The third-order valence-corrected chi connectivity index (χ3v) is 6.13. The van der Waals surface area contributed by atoms with Gasteiger partial charge in [0.2, 0.25) is 11.8 Å². The van der Waals surface area contributed by atoms with E-state index in [9.17, 15) is 9.59 Å². The summed E-state index contributed by atoms with van der Waals surface area (Å²) in [5, 5.41) is 9.39. The van der Waals surface area contributed by atoms with Gasteiger partial charge in [-0.3, -0.25) is 9.59 Å². The average molecular weight is 362 g/mol. The van der Waals surface area contributed by atoms with E-state index in [1.54, 1.807) is 0 Å². The topological polar surface area (TPSA) is 70.2 Å². The van der Waals surface area contributed by atoms with Crippen LogP contribution >= 0.6 is 11.8 Å². The van der Waals surface area contributed by atoms with Gasteiger partial charge in [0.25, 0.3) is 0 Å². The number of fused-ring (bicyclic) bond motifs is 2. The Morgan fingerprint density at radius 3 is 2.48 bits per heavy atom. The zero-order chi connectivity index (χ0) is 17.8. The van der Waals surface area contributed by atoms with Crippen LogP contribution in [0.25, 0.3) is 0 Å². The molecule has 3 N–H and O–H groups in total. The van der Waals surface area contributed by atoms with Gasteiger partial charge in [-0.2, -0.15) is 0 Å². The average Bonchev–Trinajstić information content (AvgIpc) is 2.93. The number of hydrogen-bond acceptors (Lipinski definition) is 4. The first-order valence-corrected chi connectivity index (χ1v) is 10.1. The number of carbonyl (C=O) groups is 2. The van der Waals surface area contributed by atoms with Crippen LogP contribution in [-0.4, -0.2) is 40.9 Å².